The lowest BCUT2D eigenvalue weighted by atomic mass is 9.81. The van der Waals surface area contributed by atoms with Crippen molar-refractivity contribution in [1.82, 2.24) is 9.80 Å². The van der Waals surface area contributed by atoms with E-state index in [-0.39, 0.29) is 31.2 Å². The summed E-state index contributed by atoms with van der Waals surface area (Å²) in [6, 6.07) is 5.59. The van der Waals surface area contributed by atoms with Crippen molar-refractivity contribution in [2.24, 2.45) is 11.8 Å². The second kappa shape index (κ2) is 14.4. The molecule has 0 spiro atoms. The Kier molecular flexibility index (Phi) is 11.5. The second-order valence-electron chi connectivity index (χ2n) is 12.7. The number of likely N-dealkylation sites (tertiary alicyclic amines) is 1. The second-order valence-corrected chi connectivity index (χ2v) is 12.7. The van der Waals surface area contributed by atoms with Gasteiger partial charge in [0.15, 0.2) is 11.5 Å². The number of fused-ring (bicyclic) bond motifs is 1. The molecule has 1 saturated heterocycles. The lowest BCUT2D eigenvalue weighted by molar-refractivity contribution is -0.870. The van der Waals surface area contributed by atoms with Crippen LogP contribution in [0.15, 0.2) is 18.2 Å². The summed E-state index contributed by atoms with van der Waals surface area (Å²) in [6.07, 6.45) is 6.97. The van der Waals surface area contributed by atoms with Crippen molar-refractivity contribution >= 4 is 11.9 Å². The van der Waals surface area contributed by atoms with Crippen molar-refractivity contribution < 1.29 is 28.7 Å². The van der Waals surface area contributed by atoms with Gasteiger partial charge in [-0.05, 0) is 49.3 Å². The molecule has 1 N–H and O–H groups in total. The number of carbonyl (C=O) groups is 2. The third-order valence-electron chi connectivity index (χ3n) is 8.26. The maximum Gasteiger partial charge on any atom is 0.308 e. The van der Waals surface area contributed by atoms with E-state index < -0.39 is 11.9 Å². The van der Waals surface area contributed by atoms with Gasteiger partial charge in [-0.25, -0.2) is 0 Å². The summed E-state index contributed by atoms with van der Waals surface area (Å²) in [5.41, 5.74) is 0.942. The van der Waals surface area contributed by atoms with E-state index >= 15 is 0 Å². The molecule has 3 rings (SSSR count). The molecule has 0 radical (unpaired) electrons. The first-order chi connectivity index (χ1) is 18.5. The van der Waals surface area contributed by atoms with Crippen molar-refractivity contribution in [2.45, 2.75) is 77.7 Å². The smallest absolute Gasteiger partial charge is 0.308 e. The molecule has 8 nitrogen and oxygen atoms in total. The fourth-order valence-corrected chi connectivity index (χ4v) is 6.16. The third-order valence-corrected chi connectivity index (χ3v) is 8.26. The molecule has 4 atom stereocenters. The molecule has 39 heavy (non-hydrogen) atoms. The summed E-state index contributed by atoms with van der Waals surface area (Å²) in [7, 11) is 6.59. The molecule has 0 saturated carbocycles. The van der Waals surface area contributed by atoms with Crippen LogP contribution < -0.4 is 9.47 Å². The number of amides is 1. The largest absolute Gasteiger partial charge is 0.481 e. The highest BCUT2D eigenvalue weighted by Gasteiger charge is 2.47. The van der Waals surface area contributed by atoms with Crippen molar-refractivity contribution in [3.8, 4) is 11.5 Å². The van der Waals surface area contributed by atoms with Crippen LogP contribution in [0.3, 0.4) is 0 Å². The van der Waals surface area contributed by atoms with Gasteiger partial charge < -0.3 is 24.0 Å². The van der Waals surface area contributed by atoms with Gasteiger partial charge in [0.1, 0.15) is 0 Å². The first kappa shape index (κ1) is 31.2. The number of ether oxygens (including phenoxy) is 2. The number of rotatable bonds is 16. The minimum absolute atomic E-state index is 0.123. The van der Waals surface area contributed by atoms with E-state index in [1.165, 1.54) is 0 Å². The van der Waals surface area contributed by atoms with Crippen LogP contribution >= 0.6 is 0 Å². The molecule has 1 unspecified atom stereocenters. The summed E-state index contributed by atoms with van der Waals surface area (Å²) in [5, 5.41) is 10.5. The van der Waals surface area contributed by atoms with Gasteiger partial charge in [-0.3, -0.25) is 14.5 Å². The number of carboxylic acid groups (broad SMARTS) is 1. The number of hydrogen-bond acceptors (Lipinski definition) is 5. The molecule has 1 fully saturated rings. The zero-order valence-corrected chi connectivity index (χ0v) is 25.2. The maximum atomic E-state index is 13.7. The number of nitrogens with zero attached hydrogens (tertiary/aromatic N) is 3. The van der Waals surface area contributed by atoms with Gasteiger partial charge in [-0.2, -0.15) is 0 Å². The topological polar surface area (TPSA) is 79.3 Å². The van der Waals surface area contributed by atoms with Crippen LogP contribution in [0.25, 0.3) is 0 Å². The standard InChI is InChI=1S/C31H51N3O5/c1-7-9-15-32(16-10-11-17-34(4,5)6)29(35)21-33-20-25(24-13-14-27-28(19-24)39-22-38-27)30(31(36)37)26(33)18-23(3)12-8-2/h13-14,19,23,25-26,30H,7-12,15-18,20-22H2,1-6H3/p+1/t23?,25-,26+,30-/m1/s1. The average molecular weight is 547 g/mol. The van der Waals surface area contributed by atoms with Crippen LogP contribution in [0.2, 0.25) is 0 Å². The summed E-state index contributed by atoms with van der Waals surface area (Å²) in [5.74, 6) is 0.300. The molecule has 0 bridgehead atoms. The monoisotopic (exact) mass is 546 g/mol. The van der Waals surface area contributed by atoms with Crippen LogP contribution in [0, 0.1) is 11.8 Å². The first-order valence-electron chi connectivity index (χ1n) is 15.0. The van der Waals surface area contributed by atoms with Gasteiger partial charge in [0.05, 0.1) is 40.2 Å². The molecular formula is C31H52N3O5+. The molecule has 2 heterocycles. The fourth-order valence-electron chi connectivity index (χ4n) is 6.16. The van der Waals surface area contributed by atoms with E-state index in [1.807, 2.05) is 23.1 Å². The predicted molar refractivity (Wildman–Crippen MR) is 154 cm³/mol. The Morgan fingerprint density at radius 2 is 1.79 bits per heavy atom. The van der Waals surface area contributed by atoms with E-state index in [0.29, 0.717) is 24.0 Å². The van der Waals surface area contributed by atoms with E-state index in [2.05, 4.69) is 46.8 Å². The van der Waals surface area contributed by atoms with Gasteiger partial charge in [0.25, 0.3) is 0 Å². The molecular weight excluding hydrogens is 494 g/mol. The molecule has 1 aromatic carbocycles. The highest BCUT2D eigenvalue weighted by atomic mass is 16.7. The van der Waals surface area contributed by atoms with Gasteiger partial charge in [-0.15, -0.1) is 0 Å². The van der Waals surface area contributed by atoms with Gasteiger partial charge >= 0.3 is 5.97 Å². The Bertz CT molecular complexity index is 947. The van der Waals surface area contributed by atoms with E-state index in [4.69, 9.17) is 9.47 Å². The summed E-state index contributed by atoms with van der Waals surface area (Å²) < 4.78 is 12.0. The molecule has 0 aromatic heterocycles. The van der Waals surface area contributed by atoms with Gasteiger partial charge in [-0.1, -0.05) is 46.1 Å². The summed E-state index contributed by atoms with van der Waals surface area (Å²) in [6.45, 7) is 10.1. The SMILES string of the molecule is CCCCN(CCCC[N+](C)(C)C)C(=O)CN1C[C@H](c2ccc3c(c2)OCO3)[C@@H](C(=O)O)[C@@H]1CC(C)CCC. The fraction of sp³-hybridized carbons (Fsp3) is 0.742. The molecule has 8 heteroatoms. The van der Waals surface area contributed by atoms with Crippen LogP contribution in [0.4, 0.5) is 0 Å². The minimum atomic E-state index is -0.788. The Balaban J connectivity index is 1.80. The lowest BCUT2D eigenvalue weighted by Gasteiger charge is -2.31. The highest BCUT2D eigenvalue weighted by Crippen LogP contribution is 2.43. The Labute approximate surface area is 235 Å². The molecule has 2 aliphatic heterocycles. The predicted octanol–water partition coefficient (Wildman–Crippen LogP) is 4.83. The van der Waals surface area contributed by atoms with Crippen LogP contribution in [0.1, 0.15) is 77.2 Å². The number of carboxylic acids is 1. The van der Waals surface area contributed by atoms with Crippen molar-refractivity contribution in [3.63, 3.8) is 0 Å². The summed E-state index contributed by atoms with van der Waals surface area (Å²) >= 11 is 0. The number of carbonyl (C=O) groups excluding carboxylic acids is 1. The Hall–Kier alpha value is -2.32. The molecule has 0 aliphatic carbocycles. The van der Waals surface area contributed by atoms with Crippen LogP contribution in [0.5, 0.6) is 11.5 Å². The zero-order chi connectivity index (χ0) is 28.6. The number of aliphatic carboxylic acids is 1. The molecule has 220 valence electrons. The van der Waals surface area contributed by atoms with Gasteiger partial charge in [0, 0.05) is 31.6 Å². The zero-order valence-electron chi connectivity index (χ0n) is 25.2. The van der Waals surface area contributed by atoms with E-state index in [9.17, 15) is 14.7 Å². The van der Waals surface area contributed by atoms with Crippen LogP contribution in [-0.2, 0) is 9.59 Å². The maximum absolute atomic E-state index is 13.7. The molecule has 1 aromatic rings. The van der Waals surface area contributed by atoms with E-state index in [1.54, 1.807) is 0 Å². The van der Waals surface area contributed by atoms with E-state index in [0.717, 1.165) is 74.6 Å². The number of unbranched alkanes of at least 4 members (excludes halogenated alkanes) is 2. The first-order valence-corrected chi connectivity index (χ1v) is 15.0. The number of quaternary nitrogens is 1. The Morgan fingerprint density at radius 3 is 2.46 bits per heavy atom. The van der Waals surface area contributed by atoms with Crippen molar-refractivity contribution in [2.75, 3.05) is 60.7 Å². The molecule has 1 amide bonds. The highest BCUT2D eigenvalue weighted by molar-refractivity contribution is 5.79. The number of benzene rings is 1. The van der Waals surface area contributed by atoms with Crippen molar-refractivity contribution in [1.29, 1.82) is 0 Å². The minimum Gasteiger partial charge on any atom is -0.481 e. The van der Waals surface area contributed by atoms with Gasteiger partial charge in [0.2, 0.25) is 12.7 Å². The quantitative estimate of drug-likeness (QED) is 0.236. The third kappa shape index (κ3) is 8.84. The van der Waals surface area contributed by atoms with Crippen molar-refractivity contribution in [3.05, 3.63) is 23.8 Å². The summed E-state index contributed by atoms with van der Waals surface area (Å²) in [4.78, 5) is 30.7. The Morgan fingerprint density at radius 1 is 1.08 bits per heavy atom. The average Bonchev–Trinajstić information content (AvgIpc) is 3.47. The number of hydrogen-bond donors (Lipinski definition) is 1. The normalized spacial score (nSPS) is 21.7. The van der Waals surface area contributed by atoms with Crippen LogP contribution in [-0.4, -0.2) is 98.0 Å². The molecule has 2 aliphatic rings. The lowest BCUT2D eigenvalue weighted by Crippen LogP contribution is -2.45.